The Hall–Kier alpha value is -2.79. The van der Waals surface area contributed by atoms with Gasteiger partial charge in [-0.25, -0.2) is 0 Å². The molecule has 1 atom stereocenters. The number of amides is 1. The highest BCUT2D eigenvalue weighted by atomic mass is 16.7. The Balaban J connectivity index is 1.38. The van der Waals surface area contributed by atoms with Crippen LogP contribution in [-0.4, -0.2) is 37.2 Å². The molecular weight excluding hydrogens is 340 g/mol. The van der Waals surface area contributed by atoms with Gasteiger partial charge >= 0.3 is 0 Å². The third-order valence-electron chi connectivity index (χ3n) is 5.06. The Morgan fingerprint density at radius 2 is 1.85 bits per heavy atom. The summed E-state index contributed by atoms with van der Waals surface area (Å²) >= 11 is 0. The van der Waals surface area contributed by atoms with Crippen LogP contribution < -0.4 is 14.8 Å². The van der Waals surface area contributed by atoms with Crippen molar-refractivity contribution in [3.8, 4) is 11.5 Å². The average Bonchev–Trinajstić information content (AvgIpc) is 3.39. The summed E-state index contributed by atoms with van der Waals surface area (Å²) in [6.07, 6.45) is 5.82. The Labute approximate surface area is 159 Å². The molecule has 2 aliphatic heterocycles. The van der Waals surface area contributed by atoms with Crippen LogP contribution in [0.2, 0.25) is 0 Å². The second kappa shape index (κ2) is 8.27. The number of hydrogen-bond acceptors (Lipinski definition) is 4. The molecule has 0 aromatic heterocycles. The molecular formula is C22H24N2O3. The normalized spacial score (nSPS) is 17.3. The molecule has 0 spiro atoms. The molecule has 1 amide bonds. The SMILES string of the molecule is O=C(C=Cc1ccc2c(c1)OCO2)NCC(c1ccccc1)N1CCCC1. The van der Waals surface area contributed by atoms with Gasteiger partial charge in [0, 0.05) is 12.6 Å². The number of ether oxygens (including phenoxy) is 2. The lowest BCUT2D eigenvalue weighted by molar-refractivity contribution is -0.116. The number of fused-ring (bicyclic) bond motifs is 1. The second-order valence-electron chi connectivity index (χ2n) is 6.86. The van der Waals surface area contributed by atoms with E-state index in [9.17, 15) is 4.79 Å². The van der Waals surface area contributed by atoms with Crippen molar-refractivity contribution in [1.29, 1.82) is 0 Å². The van der Waals surface area contributed by atoms with Crippen LogP contribution in [0.5, 0.6) is 11.5 Å². The largest absolute Gasteiger partial charge is 0.454 e. The first kappa shape index (κ1) is 17.6. The van der Waals surface area contributed by atoms with E-state index in [2.05, 4.69) is 34.5 Å². The van der Waals surface area contributed by atoms with Gasteiger partial charge in [0.2, 0.25) is 12.7 Å². The smallest absolute Gasteiger partial charge is 0.244 e. The highest BCUT2D eigenvalue weighted by Gasteiger charge is 2.23. The molecule has 0 radical (unpaired) electrons. The van der Waals surface area contributed by atoms with Crippen LogP contribution in [0.25, 0.3) is 6.08 Å². The first-order chi connectivity index (χ1) is 13.3. The van der Waals surface area contributed by atoms with Crippen molar-refractivity contribution in [2.24, 2.45) is 0 Å². The summed E-state index contributed by atoms with van der Waals surface area (Å²) in [7, 11) is 0. The fourth-order valence-electron chi connectivity index (χ4n) is 3.63. The maximum absolute atomic E-state index is 12.3. The monoisotopic (exact) mass is 364 g/mol. The molecule has 2 aromatic carbocycles. The number of benzene rings is 2. The van der Waals surface area contributed by atoms with Gasteiger partial charge in [0.1, 0.15) is 0 Å². The number of carbonyl (C=O) groups excluding carboxylic acids is 1. The molecule has 27 heavy (non-hydrogen) atoms. The zero-order valence-electron chi connectivity index (χ0n) is 15.3. The first-order valence-corrected chi connectivity index (χ1v) is 9.44. The predicted molar refractivity (Wildman–Crippen MR) is 105 cm³/mol. The molecule has 0 bridgehead atoms. The van der Waals surface area contributed by atoms with E-state index in [1.807, 2.05) is 24.3 Å². The van der Waals surface area contributed by atoms with E-state index in [0.717, 1.165) is 30.2 Å². The summed E-state index contributed by atoms with van der Waals surface area (Å²) in [6.45, 7) is 3.03. The molecule has 5 nitrogen and oxygen atoms in total. The molecule has 1 saturated heterocycles. The van der Waals surface area contributed by atoms with Crippen molar-refractivity contribution >= 4 is 12.0 Å². The summed E-state index contributed by atoms with van der Waals surface area (Å²) < 4.78 is 10.7. The maximum atomic E-state index is 12.3. The minimum absolute atomic E-state index is 0.0900. The molecule has 2 aromatic rings. The Bertz CT molecular complexity index is 814. The molecule has 5 heteroatoms. The van der Waals surface area contributed by atoms with Crippen molar-refractivity contribution in [2.45, 2.75) is 18.9 Å². The third-order valence-corrected chi connectivity index (χ3v) is 5.06. The van der Waals surface area contributed by atoms with Crippen LogP contribution in [0.3, 0.4) is 0 Å². The number of likely N-dealkylation sites (tertiary alicyclic amines) is 1. The van der Waals surface area contributed by atoms with Crippen molar-refractivity contribution in [3.63, 3.8) is 0 Å². The lowest BCUT2D eigenvalue weighted by atomic mass is 10.1. The molecule has 140 valence electrons. The number of nitrogens with one attached hydrogen (secondary N) is 1. The topological polar surface area (TPSA) is 50.8 Å². The van der Waals surface area contributed by atoms with E-state index in [1.54, 1.807) is 12.2 Å². The summed E-state index contributed by atoms with van der Waals surface area (Å²) in [5, 5.41) is 3.06. The fraction of sp³-hybridized carbons (Fsp3) is 0.318. The van der Waals surface area contributed by atoms with Gasteiger partial charge in [-0.1, -0.05) is 36.4 Å². The van der Waals surface area contributed by atoms with Crippen LogP contribution in [0, 0.1) is 0 Å². The summed E-state index contributed by atoms with van der Waals surface area (Å²) in [5.74, 6) is 1.37. The number of nitrogens with zero attached hydrogens (tertiary/aromatic N) is 1. The van der Waals surface area contributed by atoms with Crippen LogP contribution in [0.1, 0.15) is 30.0 Å². The van der Waals surface area contributed by atoms with Gasteiger partial charge in [-0.15, -0.1) is 0 Å². The number of rotatable bonds is 6. The van der Waals surface area contributed by atoms with E-state index in [1.165, 1.54) is 18.4 Å². The van der Waals surface area contributed by atoms with E-state index >= 15 is 0 Å². The van der Waals surface area contributed by atoms with Crippen LogP contribution in [-0.2, 0) is 4.79 Å². The van der Waals surface area contributed by atoms with Gasteiger partial charge in [0.05, 0.1) is 6.04 Å². The number of carbonyl (C=O) groups is 1. The van der Waals surface area contributed by atoms with Crippen molar-refractivity contribution in [1.82, 2.24) is 10.2 Å². The fourth-order valence-corrected chi connectivity index (χ4v) is 3.63. The Morgan fingerprint density at radius 3 is 2.67 bits per heavy atom. The maximum Gasteiger partial charge on any atom is 0.244 e. The van der Waals surface area contributed by atoms with Crippen LogP contribution in [0.4, 0.5) is 0 Å². The predicted octanol–water partition coefficient (Wildman–Crippen LogP) is 3.38. The van der Waals surface area contributed by atoms with E-state index in [-0.39, 0.29) is 18.7 Å². The van der Waals surface area contributed by atoms with Gasteiger partial charge in [-0.2, -0.15) is 0 Å². The summed E-state index contributed by atoms with van der Waals surface area (Å²) in [5.41, 5.74) is 2.16. The highest BCUT2D eigenvalue weighted by molar-refractivity contribution is 5.91. The van der Waals surface area contributed by atoms with Gasteiger partial charge < -0.3 is 14.8 Å². The highest BCUT2D eigenvalue weighted by Crippen LogP contribution is 2.32. The van der Waals surface area contributed by atoms with Crippen molar-refractivity contribution < 1.29 is 14.3 Å². The van der Waals surface area contributed by atoms with Crippen molar-refractivity contribution in [3.05, 3.63) is 65.7 Å². The lowest BCUT2D eigenvalue weighted by Crippen LogP contribution is -2.36. The van der Waals surface area contributed by atoms with Gasteiger partial charge in [-0.05, 0) is 55.3 Å². The Kier molecular flexibility index (Phi) is 5.39. The standard InChI is InChI=1S/C22H24N2O3/c25-22(11-9-17-8-10-20-21(14-17)27-16-26-20)23-15-19(24-12-4-5-13-24)18-6-2-1-3-7-18/h1-3,6-11,14,19H,4-5,12-13,15-16H2,(H,23,25). The summed E-state index contributed by atoms with van der Waals surface area (Å²) in [4.78, 5) is 14.8. The minimum atomic E-state index is -0.0900. The second-order valence-corrected chi connectivity index (χ2v) is 6.86. The first-order valence-electron chi connectivity index (χ1n) is 9.44. The molecule has 2 aliphatic rings. The molecule has 4 rings (SSSR count). The average molecular weight is 364 g/mol. The van der Waals surface area contributed by atoms with E-state index < -0.39 is 0 Å². The number of hydrogen-bond donors (Lipinski definition) is 1. The Morgan fingerprint density at radius 1 is 1.07 bits per heavy atom. The molecule has 1 unspecified atom stereocenters. The van der Waals surface area contributed by atoms with Gasteiger partial charge in [0.25, 0.3) is 0 Å². The molecule has 1 fully saturated rings. The third kappa shape index (κ3) is 4.31. The minimum Gasteiger partial charge on any atom is -0.454 e. The van der Waals surface area contributed by atoms with Crippen molar-refractivity contribution in [2.75, 3.05) is 26.4 Å². The molecule has 1 N–H and O–H groups in total. The quantitative estimate of drug-likeness (QED) is 0.799. The van der Waals surface area contributed by atoms with Gasteiger partial charge in [-0.3, -0.25) is 9.69 Å². The zero-order chi connectivity index (χ0) is 18.5. The lowest BCUT2D eigenvalue weighted by Gasteiger charge is -2.28. The van der Waals surface area contributed by atoms with E-state index in [4.69, 9.17) is 9.47 Å². The molecule has 2 heterocycles. The zero-order valence-corrected chi connectivity index (χ0v) is 15.3. The van der Waals surface area contributed by atoms with Crippen LogP contribution >= 0.6 is 0 Å². The van der Waals surface area contributed by atoms with Gasteiger partial charge in [0.15, 0.2) is 11.5 Å². The van der Waals surface area contributed by atoms with E-state index in [0.29, 0.717) is 6.54 Å². The van der Waals surface area contributed by atoms with Crippen LogP contribution in [0.15, 0.2) is 54.6 Å². The summed E-state index contributed by atoms with van der Waals surface area (Å²) in [6, 6.07) is 16.3. The molecule has 0 saturated carbocycles. The molecule has 0 aliphatic carbocycles.